The molecule has 2 atom stereocenters. The Morgan fingerprint density at radius 1 is 1.28 bits per heavy atom. The minimum absolute atomic E-state index is 0.00434. The Labute approximate surface area is 207 Å². The van der Waals surface area contributed by atoms with Crippen LogP contribution >= 0.6 is 0 Å². The average molecular weight is 509 g/mol. The van der Waals surface area contributed by atoms with Gasteiger partial charge in [0.25, 0.3) is 5.91 Å². The molecule has 36 heavy (non-hydrogen) atoms. The van der Waals surface area contributed by atoms with Crippen molar-refractivity contribution in [2.24, 2.45) is 16.6 Å². The molecule has 0 aliphatic carbocycles. The van der Waals surface area contributed by atoms with Gasteiger partial charge < -0.3 is 21.1 Å². The van der Waals surface area contributed by atoms with Crippen LogP contribution in [-0.2, 0) is 14.3 Å². The highest BCUT2D eigenvalue weighted by Crippen LogP contribution is 2.31. The van der Waals surface area contributed by atoms with Crippen molar-refractivity contribution < 1.29 is 27.9 Å². The number of hydrazine groups is 1. The number of halogens is 2. The average Bonchev–Trinajstić information content (AvgIpc) is 3.20. The van der Waals surface area contributed by atoms with E-state index in [0.717, 1.165) is 22.0 Å². The van der Waals surface area contributed by atoms with Gasteiger partial charge in [-0.1, -0.05) is 0 Å². The Balaban J connectivity index is 1.73. The van der Waals surface area contributed by atoms with Gasteiger partial charge in [0.15, 0.2) is 11.6 Å². The van der Waals surface area contributed by atoms with Gasteiger partial charge >= 0.3 is 6.09 Å². The summed E-state index contributed by atoms with van der Waals surface area (Å²) < 4.78 is 35.6. The van der Waals surface area contributed by atoms with Crippen molar-refractivity contribution >= 4 is 36.0 Å². The number of nitrogens with two attached hydrogens (primary N) is 2. The second-order valence-electron chi connectivity index (χ2n) is 8.25. The fourth-order valence-electron chi connectivity index (χ4n) is 4.14. The lowest BCUT2D eigenvalue weighted by molar-refractivity contribution is -0.168. The Hall–Kier alpha value is -3.94. The van der Waals surface area contributed by atoms with Gasteiger partial charge in [0, 0.05) is 51.4 Å². The Morgan fingerprint density at radius 3 is 2.53 bits per heavy atom. The van der Waals surface area contributed by atoms with Gasteiger partial charge in [0.1, 0.15) is 11.8 Å². The van der Waals surface area contributed by atoms with E-state index < -0.39 is 35.8 Å². The van der Waals surface area contributed by atoms with E-state index in [-0.39, 0.29) is 56.4 Å². The number of nitrogens with zero attached hydrogens (tertiary/aromatic N) is 6. The summed E-state index contributed by atoms with van der Waals surface area (Å²) >= 11 is 0. The Morgan fingerprint density at radius 2 is 1.94 bits per heavy atom. The van der Waals surface area contributed by atoms with E-state index in [1.807, 2.05) is 0 Å². The molecule has 0 aromatic heterocycles. The van der Waals surface area contributed by atoms with Gasteiger partial charge in [-0.25, -0.2) is 18.6 Å². The summed E-state index contributed by atoms with van der Waals surface area (Å²) in [5, 5.41) is 7.44. The maximum atomic E-state index is 15.1. The second kappa shape index (κ2) is 11.2. The minimum Gasteiger partial charge on any atom is -0.442 e. The Bertz CT molecular complexity index is 1030. The third-order valence-corrected chi connectivity index (χ3v) is 5.98. The Kier molecular flexibility index (Phi) is 8.29. The van der Waals surface area contributed by atoms with Gasteiger partial charge in [0.05, 0.1) is 37.8 Å². The second-order valence-corrected chi connectivity index (χ2v) is 8.25. The van der Waals surface area contributed by atoms with Gasteiger partial charge in [-0.2, -0.15) is 5.10 Å². The molecule has 3 amide bonds. The van der Waals surface area contributed by atoms with Crippen LogP contribution in [0.1, 0.15) is 13.3 Å². The van der Waals surface area contributed by atoms with E-state index in [1.165, 1.54) is 34.4 Å². The van der Waals surface area contributed by atoms with Gasteiger partial charge in [-0.05, 0) is 6.92 Å². The van der Waals surface area contributed by atoms with Crippen molar-refractivity contribution in [3.8, 4) is 0 Å². The van der Waals surface area contributed by atoms with Crippen molar-refractivity contribution in [3.05, 3.63) is 36.2 Å². The van der Waals surface area contributed by atoms with E-state index in [0.29, 0.717) is 0 Å². The highest BCUT2D eigenvalue weighted by Gasteiger charge is 2.36. The van der Waals surface area contributed by atoms with Gasteiger partial charge in [-0.3, -0.25) is 24.5 Å². The molecule has 3 rings (SSSR count). The molecule has 0 bridgehead atoms. The molecule has 1 aromatic rings. The van der Waals surface area contributed by atoms with Crippen LogP contribution in [0, 0.1) is 11.6 Å². The predicted molar refractivity (Wildman–Crippen MR) is 129 cm³/mol. The summed E-state index contributed by atoms with van der Waals surface area (Å²) in [7, 11) is 1.42. The van der Waals surface area contributed by atoms with E-state index in [9.17, 15) is 14.4 Å². The minimum atomic E-state index is -0.909. The normalized spacial score (nSPS) is 20.4. The molecule has 2 aliphatic heterocycles. The first-order chi connectivity index (χ1) is 17.1. The molecule has 4 N–H and O–H groups in total. The molecule has 2 fully saturated rings. The zero-order chi connectivity index (χ0) is 26.6. The zero-order valence-corrected chi connectivity index (χ0v) is 20.1. The number of hydrogen-bond acceptors (Lipinski definition) is 9. The lowest BCUT2D eigenvalue weighted by Gasteiger charge is -2.39. The van der Waals surface area contributed by atoms with Crippen molar-refractivity contribution in [3.63, 3.8) is 0 Å². The summed E-state index contributed by atoms with van der Waals surface area (Å²) in [6.07, 6.45) is 1.17. The number of anilines is 2. The van der Waals surface area contributed by atoms with Crippen LogP contribution in [0.2, 0.25) is 0 Å². The number of ether oxygens (including phenoxy) is 1. The summed E-state index contributed by atoms with van der Waals surface area (Å²) in [5.74, 6) is -2.55. The number of cyclic esters (lactones) is 1. The van der Waals surface area contributed by atoms with E-state index in [4.69, 9.17) is 16.2 Å². The third-order valence-electron chi connectivity index (χ3n) is 5.98. The molecule has 0 spiro atoms. The van der Waals surface area contributed by atoms with E-state index in [1.54, 1.807) is 6.92 Å². The lowest BCUT2D eigenvalue weighted by atomic mass is 10.1. The van der Waals surface area contributed by atoms with E-state index >= 15 is 8.78 Å². The number of hydrogen-bond donors (Lipinski definition) is 2. The molecular formula is C22H30F2N8O4. The summed E-state index contributed by atoms with van der Waals surface area (Å²) in [6, 6.07) is 1.19. The van der Waals surface area contributed by atoms with Crippen molar-refractivity contribution in [1.29, 1.82) is 0 Å². The first-order valence-electron chi connectivity index (χ1n) is 11.3. The van der Waals surface area contributed by atoms with Crippen LogP contribution < -0.4 is 21.3 Å². The van der Waals surface area contributed by atoms with Crippen LogP contribution in [0.5, 0.6) is 0 Å². The maximum absolute atomic E-state index is 15.1. The highest BCUT2D eigenvalue weighted by atomic mass is 19.1. The molecule has 12 nitrogen and oxygen atoms in total. The number of likely N-dealkylation sites (N-methyl/N-ethyl adjacent to an activating group) is 2. The largest absolute Gasteiger partial charge is 0.442 e. The van der Waals surface area contributed by atoms with Crippen LogP contribution in [0.4, 0.5) is 25.0 Å². The number of amides is 3. The number of rotatable bonds is 10. The molecule has 2 heterocycles. The van der Waals surface area contributed by atoms with Crippen LogP contribution in [-0.4, -0.2) is 91.6 Å². The third kappa shape index (κ3) is 5.48. The molecule has 0 radical (unpaired) electrons. The van der Waals surface area contributed by atoms with Gasteiger partial charge in [0.2, 0.25) is 5.91 Å². The molecule has 14 heteroatoms. The summed E-state index contributed by atoms with van der Waals surface area (Å²) in [4.78, 5) is 39.3. The fraction of sp³-hybridized carbons (Fsp3) is 0.455. The summed E-state index contributed by atoms with van der Waals surface area (Å²) in [6.45, 7) is 5.59. The summed E-state index contributed by atoms with van der Waals surface area (Å²) in [5.41, 5.74) is 10.7. The van der Waals surface area contributed by atoms with Crippen molar-refractivity contribution in [2.75, 3.05) is 49.6 Å². The number of carbonyl (C=O) groups excluding carboxylic acids is 3. The first kappa shape index (κ1) is 26.7. The SMILES string of the molecule is C=NN(/C=C\N)C[C@H]1CN(c2cc(F)c(N(CC)CCN3C(=O)C[C@H](N)C(=O)N3C)c(F)c2)C(=O)O1. The van der Waals surface area contributed by atoms with Crippen molar-refractivity contribution in [1.82, 2.24) is 15.0 Å². The number of carbonyl (C=O) groups is 3. The van der Waals surface area contributed by atoms with E-state index in [2.05, 4.69) is 11.8 Å². The quantitative estimate of drug-likeness (QED) is 0.342. The van der Waals surface area contributed by atoms with Crippen LogP contribution in [0.15, 0.2) is 29.6 Å². The zero-order valence-electron chi connectivity index (χ0n) is 20.1. The topological polar surface area (TPSA) is 141 Å². The first-order valence-corrected chi connectivity index (χ1v) is 11.3. The maximum Gasteiger partial charge on any atom is 0.414 e. The molecule has 0 saturated carbocycles. The van der Waals surface area contributed by atoms with Crippen LogP contribution in [0.3, 0.4) is 0 Å². The molecule has 2 aliphatic rings. The van der Waals surface area contributed by atoms with Crippen LogP contribution in [0.25, 0.3) is 0 Å². The predicted octanol–water partition coefficient (Wildman–Crippen LogP) is 0.397. The number of hydrazone groups is 1. The molecule has 2 saturated heterocycles. The molecule has 196 valence electrons. The lowest BCUT2D eigenvalue weighted by Crippen LogP contribution is -2.60. The highest BCUT2D eigenvalue weighted by molar-refractivity contribution is 5.93. The fourth-order valence-corrected chi connectivity index (χ4v) is 4.14. The molecule has 1 aromatic carbocycles. The molecular weight excluding hydrogens is 478 g/mol. The number of benzene rings is 1. The molecule has 0 unspecified atom stereocenters. The standard InChI is InChI=1S/C22H30F2N8O4/c1-4-29(7-8-32-19(33)11-18(26)21(34)28(32)3)20-16(23)9-14(10-17(20)24)31-13-15(36-22(31)35)12-30(27-2)6-5-25/h5-6,9-10,15,18H,2,4,7-8,11-13,25-26H2,1,3H3/b6-5-/t15-,18-/m0/s1. The van der Waals surface area contributed by atoms with Crippen molar-refractivity contribution in [2.45, 2.75) is 25.5 Å². The monoisotopic (exact) mass is 508 g/mol. The van der Waals surface area contributed by atoms with Gasteiger partial charge in [-0.15, -0.1) is 0 Å². The smallest absolute Gasteiger partial charge is 0.414 e.